The van der Waals surface area contributed by atoms with Crippen molar-refractivity contribution < 1.29 is 8.42 Å². The van der Waals surface area contributed by atoms with E-state index < -0.39 is 9.84 Å². The number of nitrogens with zero attached hydrogens (tertiary/aromatic N) is 3. The van der Waals surface area contributed by atoms with Crippen molar-refractivity contribution in [2.24, 2.45) is 5.92 Å². The smallest absolute Gasteiger partial charge is 0.182 e. The zero-order valence-corrected chi connectivity index (χ0v) is 13.3. The van der Waals surface area contributed by atoms with Crippen molar-refractivity contribution >= 4 is 21.5 Å². The van der Waals surface area contributed by atoms with Crippen molar-refractivity contribution in [1.82, 2.24) is 9.78 Å². The lowest BCUT2D eigenvalue weighted by Crippen LogP contribution is -2.34. The van der Waals surface area contributed by atoms with Crippen molar-refractivity contribution in [3.05, 3.63) is 0 Å². The lowest BCUT2D eigenvalue weighted by molar-refractivity contribution is 0.434. The van der Waals surface area contributed by atoms with Crippen molar-refractivity contribution in [3.63, 3.8) is 0 Å². The van der Waals surface area contributed by atoms with E-state index in [0.29, 0.717) is 18.3 Å². The lowest BCUT2D eigenvalue weighted by Gasteiger charge is -2.30. The molecule has 1 aliphatic heterocycles. The molecule has 2 heterocycles. The van der Waals surface area contributed by atoms with Crippen LogP contribution in [0.5, 0.6) is 0 Å². The molecule has 7 heteroatoms. The van der Waals surface area contributed by atoms with Gasteiger partial charge in [-0.2, -0.15) is 5.10 Å². The first-order chi connectivity index (χ1) is 9.34. The van der Waals surface area contributed by atoms with Gasteiger partial charge < -0.3 is 10.6 Å². The normalized spacial score (nSPS) is 17.6. The molecular formula is C13H24N4O2S. The molecule has 2 N–H and O–H groups in total. The summed E-state index contributed by atoms with van der Waals surface area (Å²) in [6.45, 7) is 6.56. The van der Waals surface area contributed by atoms with Crippen LogP contribution in [-0.2, 0) is 16.4 Å². The Morgan fingerprint density at radius 2 is 1.95 bits per heavy atom. The minimum absolute atomic E-state index is 0.195. The molecule has 114 valence electrons. The van der Waals surface area contributed by atoms with Crippen molar-refractivity contribution in [3.8, 4) is 0 Å². The van der Waals surface area contributed by atoms with Crippen LogP contribution in [0.4, 0.5) is 11.6 Å². The van der Waals surface area contributed by atoms with Gasteiger partial charge in [-0.3, -0.25) is 0 Å². The van der Waals surface area contributed by atoms with Gasteiger partial charge in [0.2, 0.25) is 0 Å². The molecule has 20 heavy (non-hydrogen) atoms. The van der Waals surface area contributed by atoms with Crippen molar-refractivity contribution in [2.75, 3.05) is 30.0 Å². The van der Waals surface area contributed by atoms with Crippen LogP contribution in [0.25, 0.3) is 0 Å². The Morgan fingerprint density at radius 3 is 2.45 bits per heavy atom. The lowest BCUT2D eigenvalue weighted by atomic mass is 9.99. The Morgan fingerprint density at radius 1 is 1.35 bits per heavy atom. The second-order valence-electron chi connectivity index (χ2n) is 5.70. The fourth-order valence-corrected chi connectivity index (χ4v) is 3.60. The van der Waals surface area contributed by atoms with Crippen LogP contribution in [0.3, 0.4) is 0 Å². The molecule has 0 aromatic carbocycles. The summed E-state index contributed by atoms with van der Waals surface area (Å²) in [5, 5.41) is 4.45. The van der Waals surface area contributed by atoms with Crippen LogP contribution >= 0.6 is 0 Å². The molecule has 0 saturated carbocycles. The van der Waals surface area contributed by atoms with Gasteiger partial charge in [-0.05, 0) is 25.2 Å². The quantitative estimate of drug-likeness (QED) is 0.911. The van der Waals surface area contributed by atoms with Crippen molar-refractivity contribution in [2.45, 2.75) is 44.6 Å². The highest BCUT2D eigenvalue weighted by Gasteiger charge is 2.29. The van der Waals surface area contributed by atoms with Gasteiger partial charge in [0.05, 0.1) is 0 Å². The van der Waals surface area contributed by atoms with Gasteiger partial charge in [0, 0.05) is 25.9 Å². The average molecular weight is 300 g/mol. The molecule has 2 rings (SSSR count). The zero-order chi connectivity index (χ0) is 14.9. The van der Waals surface area contributed by atoms with Crippen LogP contribution in [0.1, 0.15) is 33.1 Å². The molecule has 1 aromatic heterocycles. The van der Waals surface area contributed by atoms with E-state index in [-0.39, 0.29) is 10.7 Å². The maximum absolute atomic E-state index is 12.0. The minimum atomic E-state index is -3.37. The molecule has 0 radical (unpaired) electrons. The fraction of sp³-hybridized carbons (Fsp3) is 0.769. The summed E-state index contributed by atoms with van der Waals surface area (Å²) in [5.41, 5.74) is 6.00. The largest absolute Gasteiger partial charge is 0.383 e. The molecule has 1 saturated heterocycles. The van der Waals surface area contributed by atoms with Gasteiger partial charge in [0.15, 0.2) is 20.6 Å². The van der Waals surface area contributed by atoms with Gasteiger partial charge in [-0.25, -0.2) is 13.1 Å². The molecule has 0 amide bonds. The van der Waals surface area contributed by atoms with E-state index in [1.54, 1.807) is 4.68 Å². The van der Waals surface area contributed by atoms with Crippen molar-refractivity contribution in [1.29, 1.82) is 0 Å². The highest BCUT2D eigenvalue weighted by molar-refractivity contribution is 7.91. The molecule has 1 fully saturated rings. The van der Waals surface area contributed by atoms with E-state index in [4.69, 9.17) is 5.73 Å². The first-order valence-electron chi connectivity index (χ1n) is 7.15. The number of rotatable bonds is 4. The second-order valence-corrected chi connectivity index (χ2v) is 7.66. The van der Waals surface area contributed by atoms with Gasteiger partial charge in [-0.1, -0.05) is 13.8 Å². The van der Waals surface area contributed by atoms with Crippen LogP contribution in [0.15, 0.2) is 4.90 Å². The number of aromatic nitrogens is 2. The summed E-state index contributed by atoms with van der Waals surface area (Å²) < 4.78 is 25.7. The standard InChI is InChI=1S/C13H24N4O2S/c1-4-7-17-12(14)11(20(3,18)19)13(15-17)16-8-5-10(2)6-9-16/h10H,4-9,14H2,1-3H3. The molecular weight excluding hydrogens is 276 g/mol. The molecule has 0 spiro atoms. The molecule has 0 atom stereocenters. The summed E-state index contributed by atoms with van der Waals surface area (Å²) in [4.78, 5) is 2.25. The summed E-state index contributed by atoms with van der Waals surface area (Å²) in [6.07, 6.45) is 4.19. The summed E-state index contributed by atoms with van der Waals surface area (Å²) in [7, 11) is -3.37. The monoisotopic (exact) mass is 300 g/mol. The Balaban J connectivity index is 2.43. The van der Waals surface area contributed by atoms with Gasteiger partial charge in [-0.15, -0.1) is 0 Å². The van der Waals surface area contributed by atoms with Crippen LogP contribution in [-0.4, -0.2) is 37.5 Å². The van der Waals surface area contributed by atoms with E-state index in [1.807, 2.05) is 6.92 Å². The average Bonchev–Trinajstić information content (AvgIpc) is 2.68. The minimum Gasteiger partial charge on any atom is -0.383 e. The molecule has 1 aliphatic rings. The maximum Gasteiger partial charge on any atom is 0.182 e. The number of anilines is 2. The number of hydrogen-bond donors (Lipinski definition) is 1. The van der Waals surface area contributed by atoms with E-state index >= 15 is 0 Å². The fourth-order valence-electron chi connectivity index (χ4n) is 2.61. The molecule has 0 bridgehead atoms. The Bertz CT molecular complexity index is 571. The van der Waals surface area contributed by atoms with Gasteiger partial charge >= 0.3 is 0 Å². The summed E-state index contributed by atoms with van der Waals surface area (Å²) in [6, 6.07) is 0. The third kappa shape index (κ3) is 2.92. The Kier molecular flexibility index (Phi) is 4.27. The SMILES string of the molecule is CCCn1nc(N2CCC(C)CC2)c(S(C)(=O)=O)c1N. The Hall–Kier alpha value is -1.24. The first-order valence-corrected chi connectivity index (χ1v) is 9.05. The highest BCUT2D eigenvalue weighted by atomic mass is 32.2. The number of nitrogen functional groups attached to an aromatic ring is 1. The number of nitrogens with two attached hydrogens (primary N) is 1. The predicted octanol–water partition coefficient (Wildman–Crippen LogP) is 1.52. The third-order valence-corrected chi connectivity index (χ3v) is 4.95. The molecule has 1 aromatic rings. The van der Waals surface area contributed by atoms with Gasteiger partial charge in [0.25, 0.3) is 0 Å². The molecule has 6 nitrogen and oxygen atoms in total. The van der Waals surface area contributed by atoms with Crippen LogP contribution in [0.2, 0.25) is 0 Å². The van der Waals surface area contributed by atoms with Gasteiger partial charge in [0.1, 0.15) is 5.82 Å². The highest BCUT2D eigenvalue weighted by Crippen LogP contribution is 2.32. The van der Waals surface area contributed by atoms with E-state index in [0.717, 1.165) is 32.4 Å². The van der Waals surface area contributed by atoms with E-state index in [9.17, 15) is 8.42 Å². The maximum atomic E-state index is 12.0. The van der Waals surface area contributed by atoms with Crippen LogP contribution in [0, 0.1) is 5.92 Å². The predicted molar refractivity (Wildman–Crippen MR) is 80.7 cm³/mol. The van der Waals surface area contributed by atoms with E-state index in [1.165, 1.54) is 6.26 Å². The first kappa shape index (κ1) is 15.2. The summed E-state index contributed by atoms with van der Waals surface area (Å²) >= 11 is 0. The second kappa shape index (κ2) is 5.63. The topological polar surface area (TPSA) is 81.2 Å². The molecule has 0 aliphatic carbocycles. The van der Waals surface area contributed by atoms with E-state index in [2.05, 4.69) is 16.9 Å². The number of sulfone groups is 1. The summed E-state index contributed by atoms with van der Waals surface area (Å²) in [5.74, 6) is 1.48. The number of hydrogen-bond acceptors (Lipinski definition) is 5. The molecule has 0 unspecified atom stereocenters. The van der Waals surface area contributed by atoms with Crippen LogP contribution < -0.4 is 10.6 Å². The third-order valence-electron chi connectivity index (χ3n) is 3.82. The number of piperidine rings is 1. The zero-order valence-electron chi connectivity index (χ0n) is 12.5. The number of aryl methyl sites for hydroxylation is 1. The Labute approximate surface area is 120 Å².